The van der Waals surface area contributed by atoms with Crippen molar-refractivity contribution in [2.24, 2.45) is 0 Å². The average molecular weight is 184 g/mol. The lowest BCUT2D eigenvalue weighted by Crippen LogP contribution is -2.57. The van der Waals surface area contributed by atoms with Crippen LogP contribution in [0.4, 0.5) is 0 Å². The van der Waals surface area contributed by atoms with Crippen molar-refractivity contribution in [1.82, 2.24) is 10.2 Å². The number of rotatable bonds is 4. The molecule has 0 radical (unpaired) electrons. The Balaban J connectivity index is 2.55. The predicted molar refractivity (Wildman–Crippen MR) is 57.8 cm³/mol. The Morgan fingerprint density at radius 2 is 1.85 bits per heavy atom. The van der Waals surface area contributed by atoms with Crippen LogP contribution < -0.4 is 5.32 Å². The van der Waals surface area contributed by atoms with Gasteiger partial charge in [-0.25, -0.2) is 0 Å². The third-order valence-electron chi connectivity index (χ3n) is 3.44. The molecular formula is C11H24N2. The van der Waals surface area contributed by atoms with E-state index >= 15 is 0 Å². The van der Waals surface area contributed by atoms with Gasteiger partial charge in [-0.05, 0) is 39.9 Å². The molecule has 1 aliphatic rings. The van der Waals surface area contributed by atoms with E-state index in [-0.39, 0.29) is 0 Å². The highest BCUT2D eigenvalue weighted by atomic mass is 15.3. The largest absolute Gasteiger partial charge is 0.302 e. The first kappa shape index (κ1) is 11.0. The van der Waals surface area contributed by atoms with Gasteiger partial charge in [-0.15, -0.1) is 0 Å². The molecule has 1 rings (SSSR count). The molecule has 13 heavy (non-hydrogen) atoms. The Morgan fingerprint density at radius 1 is 1.23 bits per heavy atom. The van der Waals surface area contributed by atoms with E-state index in [1.807, 2.05) is 0 Å². The van der Waals surface area contributed by atoms with Crippen molar-refractivity contribution in [3.8, 4) is 0 Å². The Hall–Kier alpha value is -0.0800. The molecule has 2 nitrogen and oxygen atoms in total. The highest BCUT2D eigenvalue weighted by Crippen LogP contribution is 2.30. The Morgan fingerprint density at radius 3 is 2.31 bits per heavy atom. The zero-order valence-corrected chi connectivity index (χ0v) is 9.40. The van der Waals surface area contributed by atoms with E-state index in [0.717, 1.165) is 0 Å². The van der Waals surface area contributed by atoms with Crippen LogP contribution >= 0.6 is 0 Å². The lowest BCUT2D eigenvalue weighted by molar-refractivity contribution is 0.0490. The fraction of sp³-hybridized carbons (Fsp3) is 1.00. The molecule has 1 saturated carbocycles. The molecule has 0 amide bonds. The van der Waals surface area contributed by atoms with E-state index in [1.54, 1.807) is 0 Å². The number of hydrogen-bond acceptors (Lipinski definition) is 2. The summed E-state index contributed by atoms with van der Waals surface area (Å²) in [6.07, 6.45) is 8.08. The lowest BCUT2D eigenvalue weighted by Gasteiger charge is -2.44. The number of nitrogens with one attached hydrogen (secondary N) is 1. The molecule has 0 bridgehead atoms. The second-order valence-electron chi connectivity index (χ2n) is 4.26. The maximum Gasteiger partial charge on any atom is 0.0707 e. The van der Waals surface area contributed by atoms with Gasteiger partial charge in [0.25, 0.3) is 0 Å². The molecular weight excluding hydrogens is 160 g/mol. The minimum Gasteiger partial charge on any atom is -0.302 e. The molecule has 0 aromatic rings. The van der Waals surface area contributed by atoms with Crippen LogP contribution in [-0.4, -0.2) is 31.2 Å². The van der Waals surface area contributed by atoms with Crippen LogP contribution in [0.1, 0.15) is 45.4 Å². The summed E-state index contributed by atoms with van der Waals surface area (Å²) in [4.78, 5) is 2.51. The predicted octanol–water partition coefficient (Wildman–Crippen LogP) is 2.21. The standard InChI is InChI=1S/C11H24N2/c1-4-10-13(3)11(12-2)8-6-5-7-9-11/h12H,4-10H2,1-3H3. The number of hydrogen-bond donors (Lipinski definition) is 1. The van der Waals surface area contributed by atoms with Crippen molar-refractivity contribution in [1.29, 1.82) is 0 Å². The van der Waals surface area contributed by atoms with Crippen molar-refractivity contribution >= 4 is 0 Å². The first-order valence-corrected chi connectivity index (χ1v) is 5.65. The third-order valence-corrected chi connectivity index (χ3v) is 3.44. The van der Waals surface area contributed by atoms with Gasteiger partial charge in [-0.2, -0.15) is 0 Å². The highest BCUT2D eigenvalue weighted by molar-refractivity contribution is 4.88. The zero-order valence-electron chi connectivity index (χ0n) is 9.40. The van der Waals surface area contributed by atoms with Gasteiger partial charge in [0.05, 0.1) is 5.66 Å². The summed E-state index contributed by atoms with van der Waals surface area (Å²) in [6, 6.07) is 0. The normalized spacial score (nSPS) is 22.2. The topological polar surface area (TPSA) is 15.3 Å². The summed E-state index contributed by atoms with van der Waals surface area (Å²) in [5, 5.41) is 3.53. The van der Waals surface area contributed by atoms with Gasteiger partial charge in [-0.1, -0.05) is 26.2 Å². The SMILES string of the molecule is CCCN(C)C1(NC)CCCCC1. The lowest BCUT2D eigenvalue weighted by atomic mass is 9.88. The molecule has 2 heteroatoms. The van der Waals surface area contributed by atoms with Crippen LogP contribution in [-0.2, 0) is 0 Å². The second-order valence-corrected chi connectivity index (χ2v) is 4.26. The molecule has 0 spiro atoms. The van der Waals surface area contributed by atoms with Gasteiger partial charge in [0, 0.05) is 0 Å². The van der Waals surface area contributed by atoms with Gasteiger partial charge in [-0.3, -0.25) is 4.90 Å². The van der Waals surface area contributed by atoms with E-state index in [0.29, 0.717) is 5.66 Å². The van der Waals surface area contributed by atoms with E-state index in [9.17, 15) is 0 Å². The minimum atomic E-state index is 0.314. The van der Waals surface area contributed by atoms with Gasteiger partial charge in [0.15, 0.2) is 0 Å². The maximum absolute atomic E-state index is 3.53. The Bertz CT molecular complexity index is 139. The first-order valence-electron chi connectivity index (χ1n) is 5.65. The van der Waals surface area contributed by atoms with Crippen molar-refractivity contribution in [3.63, 3.8) is 0 Å². The van der Waals surface area contributed by atoms with Crippen molar-refractivity contribution < 1.29 is 0 Å². The van der Waals surface area contributed by atoms with Crippen molar-refractivity contribution in [2.45, 2.75) is 51.1 Å². The van der Waals surface area contributed by atoms with Gasteiger partial charge in [0.1, 0.15) is 0 Å². The van der Waals surface area contributed by atoms with E-state index < -0.39 is 0 Å². The fourth-order valence-corrected chi connectivity index (χ4v) is 2.51. The Labute approximate surface area is 82.7 Å². The molecule has 0 aliphatic heterocycles. The summed E-state index contributed by atoms with van der Waals surface area (Å²) in [6.45, 7) is 3.46. The summed E-state index contributed by atoms with van der Waals surface area (Å²) in [5.74, 6) is 0. The monoisotopic (exact) mass is 184 g/mol. The van der Waals surface area contributed by atoms with Gasteiger partial charge in [0.2, 0.25) is 0 Å². The third kappa shape index (κ3) is 2.44. The summed E-state index contributed by atoms with van der Waals surface area (Å²) < 4.78 is 0. The van der Waals surface area contributed by atoms with E-state index in [2.05, 4.69) is 31.2 Å². The van der Waals surface area contributed by atoms with Crippen LogP contribution in [0.25, 0.3) is 0 Å². The molecule has 0 unspecified atom stereocenters. The van der Waals surface area contributed by atoms with Crippen molar-refractivity contribution in [3.05, 3.63) is 0 Å². The quantitative estimate of drug-likeness (QED) is 0.674. The highest BCUT2D eigenvalue weighted by Gasteiger charge is 2.33. The van der Waals surface area contributed by atoms with Crippen LogP contribution in [0.2, 0.25) is 0 Å². The second kappa shape index (κ2) is 4.97. The molecule has 0 saturated heterocycles. The zero-order chi connectivity index (χ0) is 9.73. The average Bonchev–Trinajstić information content (AvgIpc) is 2.19. The van der Waals surface area contributed by atoms with Crippen LogP contribution in [0.5, 0.6) is 0 Å². The first-order chi connectivity index (χ1) is 6.25. The molecule has 0 heterocycles. The minimum absolute atomic E-state index is 0.314. The molecule has 0 atom stereocenters. The maximum atomic E-state index is 3.53. The Kier molecular flexibility index (Phi) is 4.20. The molecule has 0 aromatic carbocycles. The van der Waals surface area contributed by atoms with Crippen LogP contribution in [0.3, 0.4) is 0 Å². The van der Waals surface area contributed by atoms with Gasteiger partial charge >= 0.3 is 0 Å². The molecule has 1 N–H and O–H groups in total. The molecule has 0 aromatic heterocycles. The molecule has 1 fully saturated rings. The van der Waals surface area contributed by atoms with Crippen molar-refractivity contribution in [2.75, 3.05) is 20.6 Å². The van der Waals surface area contributed by atoms with E-state index in [1.165, 1.54) is 45.1 Å². The summed E-state index contributed by atoms with van der Waals surface area (Å²) in [5.41, 5.74) is 0.314. The van der Waals surface area contributed by atoms with Crippen LogP contribution in [0, 0.1) is 0 Å². The fourth-order valence-electron chi connectivity index (χ4n) is 2.51. The molecule has 1 aliphatic carbocycles. The van der Waals surface area contributed by atoms with Crippen LogP contribution in [0.15, 0.2) is 0 Å². The van der Waals surface area contributed by atoms with Gasteiger partial charge < -0.3 is 5.32 Å². The smallest absolute Gasteiger partial charge is 0.0707 e. The summed E-state index contributed by atoms with van der Waals surface area (Å²) in [7, 11) is 4.36. The molecule has 78 valence electrons. The number of nitrogens with zero attached hydrogens (tertiary/aromatic N) is 1. The van der Waals surface area contributed by atoms with E-state index in [4.69, 9.17) is 0 Å². The summed E-state index contributed by atoms with van der Waals surface area (Å²) >= 11 is 0.